The van der Waals surface area contributed by atoms with Crippen LogP contribution in [0.3, 0.4) is 0 Å². The molecule has 1 nitrogen and oxygen atoms in total. The van der Waals surface area contributed by atoms with Gasteiger partial charge in [-0.25, -0.2) is 4.39 Å². The highest BCUT2D eigenvalue weighted by atomic mass is 19.1. The Kier molecular flexibility index (Phi) is 3.48. The van der Waals surface area contributed by atoms with Crippen molar-refractivity contribution in [3.05, 3.63) is 23.6 Å². The van der Waals surface area contributed by atoms with Gasteiger partial charge in [-0.3, -0.25) is 0 Å². The maximum absolute atomic E-state index is 13.2. The summed E-state index contributed by atoms with van der Waals surface area (Å²) in [6.45, 7) is 2.11. The van der Waals surface area contributed by atoms with E-state index in [4.69, 9.17) is 0 Å². The number of allylic oxidation sites excluding steroid dienone is 2. The number of nitrogens with one attached hydrogen (secondary N) is 1. The van der Waals surface area contributed by atoms with E-state index >= 15 is 0 Å². The van der Waals surface area contributed by atoms with Crippen LogP contribution < -0.4 is 5.32 Å². The minimum absolute atomic E-state index is 0.0246. The van der Waals surface area contributed by atoms with Gasteiger partial charge in [0.25, 0.3) is 0 Å². The van der Waals surface area contributed by atoms with E-state index < -0.39 is 0 Å². The lowest BCUT2D eigenvalue weighted by Crippen LogP contribution is -2.29. The number of rotatable bonds is 3. The first kappa shape index (κ1) is 9.46. The molecule has 0 heterocycles. The molecule has 0 saturated heterocycles. The highest BCUT2D eigenvalue weighted by Gasteiger charge is 2.18. The van der Waals surface area contributed by atoms with E-state index in [9.17, 15) is 4.39 Å². The Morgan fingerprint density at radius 2 is 2.33 bits per heavy atom. The molecular formula is C10H16FN. The minimum atomic E-state index is -0.154. The van der Waals surface area contributed by atoms with Crippen molar-refractivity contribution in [2.75, 3.05) is 7.05 Å². The highest BCUT2D eigenvalue weighted by molar-refractivity contribution is 5.27. The molecule has 0 bridgehead atoms. The second kappa shape index (κ2) is 4.41. The standard InChI is InChI=1S/C10H16FN/c1-3-5-8-6-4-7-9(11)10(8)12-2/h6-7,10,12H,3-5H2,1-2H3. The molecule has 0 fully saturated rings. The fourth-order valence-electron chi connectivity index (χ4n) is 1.59. The summed E-state index contributed by atoms with van der Waals surface area (Å²) < 4.78 is 13.2. The van der Waals surface area contributed by atoms with Gasteiger partial charge in [-0.1, -0.05) is 25.0 Å². The molecule has 1 aliphatic carbocycles. The monoisotopic (exact) mass is 169 g/mol. The average Bonchev–Trinajstić information content (AvgIpc) is 2.05. The minimum Gasteiger partial charge on any atom is -0.308 e. The van der Waals surface area contributed by atoms with Crippen LogP contribution in [0.4, 0.5) is 4.39 Å². The highest BCUT2D eigenvalue weighted by Crippen LogP contribution is 2.23. The molecule has 0 spiro atoms. The third-order valence-corrected chi connectivity index (χ3v) is 2.17. The van der Waals surface area contributed by atoms with Crippen molar-refractivity contribution in [1.82, 2.24) is 5.32 Å². The van der Waals surface area contributed by atoms with Gasteiger partial charge in [-0.05, 0) is 26.0 Å². The van der Waals surface area contributed by atoms with Crippen molar-refractivity contribution in [3.63, 3.8) is 0 Å². The molecule has 1 N–H and O–H groups in total. The Hall–Kier alpha value is -0.630. The van der Waals surface area contributed by atoms with Crippen LogP contribution in [0.1, 0.15) is 26.2 Å². The third-order valence-electron chi connectivity index (χ3n) is 2.17. The van der Waals surface area contributed by atoms with Crippen molar-refractivity contribution < 1.29 is 4.39 Å². The molecule has 68 valence electrons. The summed E-state index contributed by atoms with van der Waals surface area (Å²) in [5, 5.41) is 2.98. The van der Waals surface area contributed by atoms with Crippen LogP contribution in [0.25, 0.3) is 0 Å². The van der Waals surface area contributed by atoms with E-state index in [-0.39, 0.29) is 11.9 Å². The lowest BCUT2D eigenvalue weighted by molar-refractivity contribution is 0.507. The molecule has 0 aromatic rings. The van der Waals surface area contributed by atoms with Gasteiger partial charge in [0.05, 0.1) is 6.04 Å². The Labute approximate surface area is 73.4 Å². The molecular weight excluding hydrogens is 153 g/mol. The lowest BCUT2D eigenvalue weighted by atomic mass is 9.96. The molecule has 1 aliphatic rings. The fraction of sp³-hybridized carbons (Fsp3) is 0.600. The van der Waals surface area contributed by atoms with E-state index in [1.165, 1.54) is 5.57 Å². The third kappa shape index (κ3) is 1.95. The summed E-state index contributed by atoms with van der Waals surface area (Å²) in [6.07, 6.45) is 6.58. The first-order valence-electron chi connectivity index (χ1n) is 4.51. The van der Waals surface area contributed by atoms with Crippen molar-refractivity contribution in [2.45, 2.75) is 32.2 Å². The lowest BCUT2D eigenvalue weighted by Gasteiger charge is -2.21. The summed E-state index contributed by atoms with van der Waals surface area (Å²) in [7, 11) is 1.80. The zero-order valence-electron chi connectivity index (χ0n) is 7.73. The van der Waals surface area contributed by atoms with Gasteiger partial charge in [-0.2, -0.15) is 0 Å². The second-order valence-electron chi connectivity index (χ2n) is 3.08. The van der Waals surface area contributed by atoms with Crippen molar-refractivity contribution in [3.8, 4) is 0 Å². The molecule has 0 aromatic heterocycles. The molecule has 0 saturated carbocycles. The zero-order chi connectivity index (χ0) is 8.97. The van der Waals surface area contributed by atoms with Gasteiger partial charge in [-0.15, -0.1) is 0 Å². The van der Waals surface area contributed by atoms with Crippen LogP contribution in [0, 0.1) is 0 Å². The summed E-state index contributed by atoms with van der Waals surface area (Å²) in [5.41, 5.74) is 1.19. The number of likely N-dealkylation sites (N-methyl/N-ethyl adjacent to an activating group) is 1. The summed E-state index contributed by atoms with van der Waals surface area (Å²) >= 11 is 0. The molecule has 12 heavy (non-hydrogen) atoms. The molecule has 1 atom stereocenters. The fourth-order valence-corrected chi connectivity index (χ4v) is 1.59. The molecule has 1 unspecified atom stereocenters. The van der Waals surface area contributed by atoms with E-state index in [2.05, 4.69) is 18.3 Å². The van der Waals surface area contributed by atoms with Crippen LogP contribution in [-0.2, 0) is 0 Å². The van der Waals surface area contributed by atoms with Crippen LogP contribution in [0.5, 0.6) is 0 Å². The van der Waals surface area contributed by atoms with Crippen LogP contribution in [0.15, 0.2) is 23.6 Å². The number of halogens is 1. The zero-order valence-corrected chi connectivity index (χ0v) is 7.73. The maximum atomic E-state index is 13.2. The van der Waals surface area contributed by atoms with E-state index in [0.717, 1.165) is 19.3 Å². The Morgan fingerprint density at radius 3 is 2.92 bits per heavy atom. The van der Waals surface area contributed by atoms with Gasteiger partial charge in [0.15, 0.2) is 0 Å². The predicted molar refractivity (Wildman–Crippen MR) is 49.6 cm³/mol. The molecule has 1 rings (SSSR count). The van der Waals surface area contributed by atoms with Gasteiger partial charge in [0.2, 0.25) is 0 Å². The first-order valence-corrected chi connectivity index (χ1v) is 4.51. The molecule has 0 radical (unpaired) electrons. The smallest absolute Gasteiger partial charge is 0.117 e. The Balaban J connectivity index is 2.66. The molecule has 0 aliphatic heterocycles. The van der Waals surface area contributed by atoms with E-state index in [1.807, 2.05) is 0 Å². The van der Waals surface area contributed by atoms with Crippen LogP contribution in [-0.4, -0.2) is 13.1 Å². The first-order chi connectivity index (χ1) is 5.79. The van der Waals surface area contributed by atoms with Crippen LogP contribution >= 0.6 is 0 Å². The number of hydrogen-bond donors (Lipinski definition) is 1. The summed E-state index contributed by atoms with van der Waals surface area (Å²) in [4.78, 5) is 0. The normalized spacial score (nSPS) is 23.4. The van der Waals surface area contributed by atoms with Gasteiger partial charge in [0, 0.05) is 0 Å². The predicted octanol–water partition coefficient (Wildman–Crippen LogP) is 2.56. The topological polar surface area (TPSA) is 12.0 Å². The quantitative estimate of drug-likeness (QED) is 0.640. The van der Waals surface area contributed by atoms with Gasteiger partial charge in [0.1, 0.15) is 5.83 Å². The number of hydrogen-bond acceptors (Lipinski definition) is 1. The second-order valence-corrected chi connectivity index (χ2v) is 3.08. The van der Waals surface area contributed by atoms with Gasteiger partial charge >= 0.3 is 0 Å². The molecule has 0 amide bonds. The van der Waals surface area contributed by atoms with Crippen LogP contribution in [0.2, 0.25) is 0 Å². The van der Waals surface area contributed by atoms with Crippen molar-refractivity contribution in [1.29, 1.82) is 0 Å². The molecule has 0 aromatic carbocycles. The molecule has 2 heteroatoms. The Bertz CT molecular complexity index is 206. The van der Waals surface area contributed by atoms with Crippen molar-refractivity contribution >= 4 is 0 Å². The summed E-state index contributed by atoms with van der Waals surface area (Å²) in [5.74, 6) is -0.0246. The summed E-state index contributed by atoms with van der Waals surface area (Å²) in [6, 6.07) is -0.154. The van der Waals surface area contributed by atoms with Gasteiger partial charge < -0.3 is 5.32 Å². The van der Waals surface area contributed by atoms with E-state index in [0.29, 0.717) is 0 Å². The maximum Gasteiger partial charge on any atom is 0.117 e. The SMILES string of the molecule is CCCC1=CCC=C(F)C1NC. The van der Waals surface area contributed by atoms with Crippen molar-refractivity contribution in [2.24, 2.45) is 0 Å². The Morgan fingerprint density at radius 1 is 1.58 bits per heavy atom. The largest absolute Gasteiger partial charge is 0.308 e. The average molecular weight is 169 g/mol. The van der Waals surface area contributed by atoms with E-state index in [1.54, 1.807) is 13.1 Å².